The van der Waals surface area contributed by atoms with Crippen LogP contribution in [0.4, 0.5) is 0 Å². The van der Waals surface area contributed by atoms with Crippen molar-refractivity contribution in [2.45, 2.75) is 72.5 Å². The highest BCUT2D eigenvalue weighted by molar-refractivity contribution is 6.63. The minimum absolute atomic E-state index is 0.319. The Bertz CT molecular complexity index is 488. The van der Waals surface area contributed by atoms with E-state index in [0.717, 1.165) is 22.7 Å². The summed E-state index contributed by atoms with van der Waals surface area (Å²) in [5.41, 5.74) is 2.17. The number of hydrogen-bond donors (Lipinski definition) is 0. The average molecular weight is 276 g/mol. The highest BCUT2D eigenvalue weighted by Gasteiger charge is 2.52. The van der Waals surface area contributed by atoms with Crippen molar-refractivity contribution < 1.29 is 9.31 Å². The van der Waals surface area contributed by atoms with Crippen LogP contribution in [0.1, 0.15) is 64.7 Å². The maximum atomic E-state index is 6.11. The van der Waals surface area contributed by atoms with Crippen LogP contribution in [0.25, 0.3) is 0 Å². The van der Waals surface area contributed by atoms with Crippen LogP contribution >= 0.6 is 0 Å². The smallest absolute Gasteiger partial charge is 0.399 e. The topological polar surface area (TPSA) is 44.2 Å². The lowest BCUT2D eigenvalue weighted by Crippen LogP contribution is -2.41. The molecule has 0 amide bonds. The molecule has 0 aromatic carbocycles. The van der Waals surface area contributed by atoms with Crippen molar-refractivity contribution in [1.82, 2.24) is 9.97 Å². The van der Waals surface area contributed by atoms with Crippen LogP contribution in [0.15, 0.2) is 0 Å². The maximum Gasteiger partial charge on any atom is 0.498 e. The van der Waals surface area contributed by atoms with Crippen molar-refractivity contribution in [2.24, 2.45) is 0 Å². The van der Waals surface area contributed by atoms with E-state index in [1.54, 1.807) is 0 Å². The van der Waals surface area contributed by atoms with Gasteiger partial charge in [0.15, 0.2) is 0 Å². The van der Waals surface area contributed by atoms with Gasteiger partial charge >= 0.3 is 7.12 Å². The highest BCUT2D eigenvalue weighted by Crippen LogP contribution is 2.36. The third-order valence-corrected chi connectivity index (χ3v) is 4.35. The fourth-order valence-electron chi connectivity index (χ4n) is 2.31. The second-order valence-corrected chi connectivity index (χ2v) is 6.91. The van der Waals surface area contributed by atoms with Crippen LogP contribution in [0, 0.1) is 13.8 Å². The molecule has 20 heavy (non-hydrogen) atoms. The van der Waals surface area contributed by atoms with Crippen LogP contribution in [0.3, 0.4) is 0 Å². The molecule has 1 aliphatic rings. The predicted molar refractivity (Wildman–Crippen MR) is 81.3 cm³/mol. The van der Waals surface area contributed by atoms with Crippen LogP contribution in [-0.4, -0.2) is 28.3 Å². The minimum Gasteiger partial charge on any atom is -0.399 e. The van der Waals surface area contributed by atoms with Crippen molar-refractivity contribution in [3.63, 3.8) is 0 Å². The van der Waals surface area contributed by atoms with Gasteiger partial charge in [0.05, 0.1) is 11.2 Å². The summed E-state index contributed by atoms with van der Waals surface area (Å²) in [6.45, 7) is 16.4. The zero-order valence-corrected chi connectivity index (χ0v) is 13.9. The number of aryl methyl sites for hydroxylation is 2. The van der Waals surface area contributed by atoms with Crippen LogP contribution in [0.2, 0.25) is 0 Å². The lowest BCUT2D eigenvalue weighted by molar-refractivity contribution is 0.00578. The molecule has 4 nitrogen and oxygen atoms in total. The molecular formula is C15H25BN2O2. The second kappa shape index (κ2) is 4.81. The van der Waals surface area contributed by atoms with Gasteiger partial charge in [-0.25, -0.2) is 9.97 Å². The largest absolute Gasteiger partial charge is 0.498 e. The van der Waals surface area contributed by atoms with E-state index in [4.69, 9.17) is 9.31 Å². The molecule has 1 aliphatic heterocycles. The van der Waals surface area contributed by atoms with Crippen LogP contribution < -0.4 is 5.46 Å². The molecule has 0 unspecified atom stereocenters. The summed E-state index contributed by atoms with van der Waals surface area (Å²) in [4.78, 5) is 9.20. The van der Waals surface area contributed by atoms with E-state index in [-0.39, 0.29) is 18.3 Å². The van der Waals surface area contributed by atoms with E-state index in [9.17, 15) is 0 Å². The molecule has 1 saturated heterocycles. The first kappa shape index (κ1) is 15.5. The zero-order valence-electron chi connectivity index (χ0n) is 13.9. The SMILES string of the molecule is Cc1nc(C(C)C)nc(C)c1B1OC(C)(C)C(C)(C)O1. The molecule has 1 aromatic heterocycles. The van der Waals surface area contributed by atoms with Crippen LogP contribution in [-0.2, 0) is 9.31 Å². The Morgan fingerprint density at radius 2 is 1.30 bits per heavy atom. The van der Waals surface area contributed by atoms with Gasteiger partial charge in [0.25, 0.3) is 0 Å². The molecule has 2 rings (SSSR count). The van der Waals surface area contributed by atoms with E-state index in [1.807, 2.05) is 13.8 Å². The van der Waals surface area contributed by atoms with Crippen molar-refractivity contribution >= 4 is 12.6 Å². The van der Waals surface area contributed by atoms with Gasteiger partial charge in [-0.1, -0.05) is 13.8 Å². The van der Waals surface area contributed by atoms with Crippen molar-refractivity contribution in [3.05, 3.63) is 17.2 Å². The molecule has 0 aliphatic carbocycles. The summed E-state index contributed by atoms with van der Waals surface area (Å²) in [5, 5.41) is 0. The monoisotopic (exact) mass is 276 g/mol. The average Bonchev–Trinajstić information content (AvgIpc) is 2.46. The summed E-state index contributed by atoms with van der Waals surface area (Å²) < 4.78 is 12.2. The highest BCUT2D eigenvalue weighted by atomic mass is 16.7. The molecule has 1 aromatic rings. The first-order valence-corrected chi connectivity index (χ1v) is 7.26. The van der Waals surface area contributed by atoms with E-state index >= 15 is 0 Å². The van der Waals surface area contributed by atoms with Gasteiger partial charge in [0, 0.05) is 22.8 Å². The Balaban J connectivity index is 2.41. The Morgan fingerprint density at radius 3 is 1.65 bits per heavy atom. The van der Waals surface area contributed by atoms with E-state index in [1.165, 1.54) is 0 Å². The van der Waals surface area contributed by atoms with Gasteiger partial charge in [-0.05, 0) is 41.5 Å². The predicted octanol–water partition coefficient (Wildman–Crippen LogP) is 2.52. The van der Waals surface area contributed by atoms with Gasteiger partial charge in [0.2, 0.25) is 0 Å². The molecular weight excluding hydrogens is 251 g/mol. The molecule has 5 heteroatoms. The summed E-state index contributed by atoms with van der Waals surface area (Å²) in [5.74, 6) is 1.19. The lowest BCUT2D eigenvalue weighted by atomic mass is 9.76. The lowest BCUT2D eigenvalue weighted by Gasteiger charge is -2.32. The van der Waals surface area contributed by atoms with E-state index in [0.29, 0.717) is 5.92 Å². The third kappa shape index (κ3) is 2.49. The standard InChI is InChI=1S/C15H25BN2O2/c1-9(2)13-17-10(3)12(11(4)18-13)16-19-14(5,6)15(7,8)20-16/h9H,1-8H3. The van der Waals surface area contributed by atoms with Crippen molar-refractivity contribution in [2.75, 3.05) is 0 Å². The second-order valence-electron chi connectivity index (χ2n) is 6.91. The van der Waals surface area contributed by atoms with Crippen molar-refractivity contribution in [1.29, 1.82) is 0 Å². The van der Waals surface area contributed by atoms with Gasteiger partial charge in [0.1, 0.15) is 5.82 Å². The summed E-state index contributed by atoms with van der Waals surface area (Å²) in [7, 11) is -0.388. The molecule has 0 bridgehead atoms. The quantitative estimate of drug-likeness (QED) is 0.778. The summed E-state index contributed by atoms with van der Waals surface area (Å²) in [6, 6.07) is 0. The van der Waals surface area contributed by atoms with E-state index in [2.05, 4.69) is 51.5 Å². The zero-order chi connectivity index (χ0) is 15.3. The third-order valence-electron chi connectivity index (χ3n) is 4.35. The van der Waals surface area contributed by atoms with Crippen molar-refractivity contribution in [3.8, 4) is 0 Å². The molecule has 0 saturated carbocycles. The van der Waals surface area contributed by atoms with E-state index < -0.39 is 0 Å². The first-order valence-electron chi connectivity index (χ1n) is 7.26. The van der Waals surface area contributed by atoms with Gasteiger partial charge in [-0.2, -0.15) is 0 Å². The molecule has 0 spiro atoms. The van der Waals surface area contributed by atoms with Crippen LogP contribution in [0.5, 0.6) is 0 Å². The number of aromatic nitrogens is 2. The Kier molecular flexibility index (Phi) is 3.72. The Hall–Kier alpha value is -0.935. The summed E-state index contributed by atoms with van der Waals surface area (Å²) in [6.07, 6.45) is 0. The molecule has 1 fully saturated rings. The number of rotatable bonds is 2. The fraction of sp³-hybridized carbons (Fsp3) is 0.733. The van der Waals surface area contributed by atoms with Gasteiger partial charge < -0.3 is 9.31 Å². The summed E-state index contributed by atoms with van der Waals surface area (Å²) >= 11 is 0. The number of nitrogens with zero attached hydrogens (tertiary/aromatic N) is 2. The molecule has 0 radical (unpaired) electrons. The molecule has 2 heterocycles. The first-order chi connectivity index (χ1) is 9.05. The molecule has 0 N–H and O–H groups in total. The fourth-order valence-corrected chi connectivity index (χ4v) is 2.31. The molecule has 110 valence electrons. The Labute approximate surface area is 122 Å². The minimum atomic E-state index is -0.388. The normalized spacial score (nSPS) is 20.8. The molecule has 0 atom stereocenters. The maximum absolute atomic E-state index is 6.11. The van der Waals surface area contributed by atoms with Gasteiger partial charge in [-0.3, -0.25) is 0 Å². The Morgan fingerprint density at radius 1 is 0.900 bits per heavy atom. The van der Waals surface area contributed by atoms with Gasteiger partial charge in [-0.15, -0.1) is 0 Å². The number of hydrogen-bond acceptors (Lipinski definition) is 4.